The molecule has 0 radical (unpaired) electrons. The minimum absolute atomic E-state index is 0.0314. The summed E-state index contributed by atoms with van der Waals surface area (Å²) in [5, 5.41) is 2.75. The van der Waals surface area contributed by atoms with Gasteiger partial charge in [-0.25, -0.2) is 4.79 Å². The number of amides is 1. The van der Waals surface area contributed by atoms with Crippen molar-refractivity contribution in [1.82, 2.24) is 4.90 Å². The van der Waals surface area contributed by atoms with E-state index in [1.54, 1.807) is 19.2 Å². The Morgan fingerprint density at radius 3 is 2.55 bits per heavy atom. The predicted octanol–water partition coefficient (Wildman–Crippen LogP) is 3.51. The minimum atomic E-state index is -0.434. The Morgan fingerprint density at radius 2 is 1.91 bits per heavy atom. The number of para-hydroxylation sites is 2. The average Bonchev–Trinajstić information content (AvgIpc) is 2.54. The zero-order chi connectivity index (χ0) is 16.0. The third-order valence-electron chi connectivity index (χ3n) is 4.55. The summed E-state index contributed by atoms with van der Waals surface area (Å²) in [5.74, 6) is 0.624. The van der Waals surface area contributed by atoms with Crippen molar-refractivity contribution in [3.05, 3.63) is 24.3 Å². The fraction of sp³-hybridized carbons (Fsp3) is 0.588. The van der Waals surface area contributed by atoms with Crippen molar-refractivity contribution in [3.8, 4) is 5.75 Å². The summed E-state index contributed by atoms with van der Waals surface area (Å²) in [6.45, 7) is 0.418. The lowest BCUT2D eigenvalue weighted by atomic mass is 9.81. The van der Waals surface area contributed by atoms with E-state index in [4.69, 9.17) is 9.47 Å². The van der Waals surface area contributed by atoms with Gasteiger partial charge in [0.05, 0.1) is 18.3 Å². The second-order valence-electron chi connectivity index (χ2n) is 6.08. The molecule has 1 aromatic rings. The maximum absolute atomic E-state index is 12.1. The third kappa shape index (κ3) is 3.91. The van der Waals surface area contributed by atoms with E-state index in [9.17, 15) is 4.79 Å². The van der Waals surface area contributed by atoms with Crippen LogP contribution in [0.25, 0.3) is 0 Å². The first-order valence-electron chi connectivity index (χ1n) is 7.82. The summed E-state index contributed by atoms with van der Waals surface area (Å²) in [5.41, 5.74) is 0.591. The number of methoxy groups -OCH3 is 1. The van der Waals surface area contributed by atoms with Crippen molar-refractivity contribution >= 4 is 11.8 Å². The molecule has 0 unspecified atom stereocenters. The van der Waals surface area contributed by atoms with Crippen molar-refractivity contribution in [1.29, 1.82) is 0 Å². The molecule has 0 spiro atoms. The molecule has 0 aliphatic heterocycles. The number of nitrogens with zero attached hydrogens (tertiary/aromatic N) is 1. The van der Waals surface area contributed by atoms with E-state index in [2.05, 4.69) is 24.3 Å². The molecule has 1 fully saturated rings. The minimum Gasteiger partial charge on any atom is -0.495 e. The molecule has 1 aliphatic rings. The van der Waals surface area contributed by atoms with Crippen LogP contribution >= 0.6 is 0 Å². The zero-order valence-electron chi connectivity index (χ0n) is 13.7. The fourth-order valence-electron chi connectivity index (χ4n) is 3.02. The van der Waals surface area contributed by atoms with Gasteiger partial charge in [-0.2, -0.15) is 0 Å². The van der Waals surface area contributed by atoms with Gasteiger partial charge in [0.15, 0.2) is 0 Å². The molecular weight excluding hydrogens is 280 g/mol. The Labute approximate surface area is 132 Å². The smallest absolute Gasteiger partial charge is 0.411 e. The van der Waals surface area contributed by atoms with Crippen LogP contribution in [0.2, 0.25) is 0 Å². The molecule has 1 saturated carbocycles. The van der Waals surface area contributed by atoms with Gasteiger partial charge in [-0.1, -0.05) is 31.4 Å². The van der Waals surface area contributed by atoms with Crippen LogP contribution in [-0.2, 0) is 4.74 Å². The van der Waals surface area contributed by atoms with Gasteiger partial charge in [0.1, 0.15) is 12.4 Å². The maximum atomic E-state index is 12.1. The largest absolute Gasteiger partial charge is 0.495 e. The second kappa shape index (κ2) is 7.49. The molecule has 0 atom stereocenters. The number of ether oxygens (including phenoxy) is 2. The van der Waals surface area contributed by atoms with Crippen molar-refractivity contribution < 1.29 is 14.3 Å². The summed E-state index contributed by atoms with van der Waals surface area (Å²) in [7, 11) is 5.70. The van der Waals surface area contributed by atoms with Gasteiger partial charge in [-0.15, -0.1) is 0 Å². The fourth-order valence-corrected chi connectivity index (χ4v) is 3.02. The lowest BCUT2D eigenvalue weighted by Crippen LogP contribution is -2.50. The highest BCUT2D eigenvalue weighted by atomic mass is 16.5. The van der Waals surface area contributed by atoms with Crippen LogP contribution in [0.4, 0.5) is 10.5 Å². The Kier molecular flexibility index (Phi) is 5.66. The number of hydrogen-bond acceptors (Lipinski definition) is 4. The van der Waals surface area contributed by atoms with Crippen molar-refractivity contribution in [2.75, 3.05) is 33.1 Å². The number of benzene rings is 1. The molecule has 1 aromatic carbocycles. The lowest BCUT2D eigenvalue weighted by molar-refractivity contribution is 0.0263. The molecule has 5 heteroatoms. The standard InChI is InChI=1S/C17H26N2O3/c1-19(2)17(11-7-4-8-12-17)13-22-16(20)18-14-9-5-6-10-15(14)21-3/h5-6,9-10H,4,7-8,11-13H2,1-3H3,(H,18,20). The topological polar surface area (TPSA) is 50.8 Å². The maximum Gasteiger partial charge on any atom is 0.411 e. The second-order valence-corrected chi connectivity index (χ2v) is 6.08. The van der Waals surface area contributed by atoms with E-state index < -0.39 is 6.09 Å². The number of carbonyl (C=O) groups is 1. The number of carbonyl (C=O) groups excluding carboxylic acids is 1. The van der Waals surface area contributed by atoms with Gasteiger partial charge < -0.3 is 14.4 Å². The van der Waals surface area contributed by atoms with E-state index >= 15 is 0 Å². The van der Waals surface area contributed by atoms with Crippen LogP contribution in [0, 0.1) is 0 Å². The summed E-state index contributed by atoms with van der Waals surface area (Å²) < 4.78 is 10.7. The van der Waals surface area contributed by atoms with E-state index in [-0.39, 0.29) is 5.54 Å². The summed E-state index contributed by atoms with van der Waals surface area (Å²) >= 11 is 0. The van der Waals surface area contributed by atoms with Gasteiger partial charge in [0.25, 0.3) is 0 Å². The van der Waals surface area contributed by atoms with Crippen LogP contribution in [-0.4, -0.2) is 44.3 Å². The molecule has 5 nitrogen and oxygen atoms in total. The molecule has 0 bridgehead atoms. The number of anilines is 1. The van der Waals surface area contributed by atoms with Gasteiger partial charge in [0.2, 0.25) is 0 Å². The first-order valence-corrected chi connectivity index (χ1v) is 7.82. The van der Waals surface area contributed by atoms with Gasteiger partial charge in [-0.3, -0.25) is 5.32 Å². The number of hydrogen-bond donors (Lipinski definition) is 1. The molecule has 1 aliphatic carbocycles. The summed E-state index contributed by atoms with van der Waals surface area (Å²) in [4.78, 5) is 14.3. The first-order chi connectivity index (χ1) is 10.6. The number of rotatable bonds is 5. The monoisotopic (exact) mass is 306 g/mol. The molecule has 0 saturated heterocycles. The Morgan fingerprint density at radius 1 is 1.23 bits per heavy atom. The molecule has 122 valence electrons. The highest BCUT2D eigenvalue weighted by Gasteiger charge is 2.35. The van der Waals surface area contributed by atoms with E-state index in [0.717, 1.165) is 12.8 Å². The van der Waals surface area contributed by atoms with Gasteiger partial charge in [0, 0.05) is 0 Å². The van der Waals surface area contributed by atoms with Crippen LogP contribution < -0.4 is 10.1 Å². The lowest BCUT2D eigenvalue weighted by Gasteiger charge is -2.42. The van der Waals surface area contributed by atoms with Crippen molar-refractivity contribution in [2.24, 2.45) is 0 Å². The quantitative estimate of drug-likeness (QED) is 0.904. The van der Waals surface area contributed by atoms with Crippen molar-refractivity contribution in [3.63, 3.8) is 0 Å². The van der Waals surface area contributed by atoms with E-state index in [0.29, 0.717) is 18.0 Å². The van der Waals surface area contributed by atoms with Crippen LogP contribution in [0.1, 0.15) is 32.1 Å². The zero-order valence-corrected chi connectivity index (χ0v) is 13.7. The van der Waals surface area contributed by atoms with Crippen LogP contribution in [0.5, 0.6) is 5.75 Å². The Bertz CT molecular complexity index is 496. The highest BCUT2D eigenvalue weighted by molar-refractivity contribution is 5.86. The Hall–Kier alpha value is -1.75. The molecule has 1 N–H and O–H groups in total. The van der Waals surface area contributed by atoms with Crippen molar-refractivity contribution in [2.45, 2.75) is 37.6 Å². The normalized spacial score (nSPS) is 17.1. The number of likely N-dealkylation sites (N-methyl/N-ethyl adjacent to an activating group) is 1. The molecule has 1 amide bonds. The van der Waals surface area contributed by atoms with E-state index in [1.165, 1.54) is 19.3 Å². The molecular formula is C17H26N2O3. The average molecular weight is 306 g/mol. The molecule has 0 heterocycles. The van der Waals surface area contributed by atoms with E-state index in [1.807, 2.05) is 12.1 Å². The highest BCUT2D eigenvalue weighted by Crippen LogP contribution is 2.32. The van der Waals surface area contributed by atoms with Gasteiger partial charge >= 0.3 is 6.09 Å². The molecule has 0 aromatic heterocycles. The van der Waals surface area contributed by atoms with Crippen LogP contribution in [0.3, 0.4) is 0 Å². The van der Waals surface area contributed by atoms with Crippen LogP contribution in [0.15, 0.2) is 24.3 Å². The summed E-state index contributed by atoms with van der Waals surface area (Å²) in [6, 6.07) is 7.31. The predicted molar refractivity (Wildman–Crippen MR) is 87.5 cm³/mol. The van der Waals surface area contributed by atoms with Gasteiger partial charge in [-0.05, 0) is 39.1 Å². The SMILES string of the molecule is COc1ccccc1NC(=O)OCC1(N(C)C)CCCCC1. The Balaban J connectivity index is 1.94. The molecule has 22 heavy (non-hydrogen) atoms. The third-order valence-corrected chi connectivity index (χ3v) is 4.55. The number of nitrogens with one attached hydrogen (secondary N) is 1. The summed E-state index contributed by atoms with van der Waals surface area (Å²) in [6.07, 6.45) is 5.36. The molecule has 2 rings (SSSR count). The first kappa shape index (κ1) is 16.6.